The van der Waals surface area contributed by atoms with E-state index in [-0.39, 0.29) is 18.3 Å². The highest BCUT2D eigenvalue weighted by Crippen LogP contribution is 2.26. The third-order valence-electron chi connectivity index (χ3n) is 3.26. The fraction of sp³-hybridized carbons (Fsp3) is 0.357. The van der Waals surface area contributed by atoms with Crippen molar-refractivity contribution in [1.82, 2.24) is 4.90 Å². The molecule has 1 atom stereocenters. The molecular formula is C14H17N3O3. The van der Waals surface area contributed by atoms with E-state index >= 15 is 0 Å². The minimum Gasteiger partial charge on any atom is -0.481 e. The monoisotopic (exact) mass is 275 g/mol. The van der Waals surface area contributed by atoms with Gasteiger partial charge >= 0.3 is 5.97 Å². The Hall–Kier alpha value is -2.37. The van der Waals surface area contributed by atoms with Crippen molar-refractivity contribution in [2.24, 2.45) is 10.7 Å². The molecule has 1 aliphatic heterocycles. The fourth-order valence-corrected chi connectivity index (χ4v) is 2.31. The number of carbonyl (C=O) groups excluding carboxylic acids is 1. The van der Waals surface area contributed by atoms with E-state index in [2.05, 4.69) is 4.99 Å². The van der Waals surface area contributed by atoms with Gasteiger partial charge < -0.3 is 10.8 Å². The molecule has 0 aromatic heterocycles. The molecule has 0 saturated carbocycles. The number of hydrogen-bond acceptors (Lipinski definition) is 4. The molecule has 2 rings (SSSR count). The van der Waals surface area contributed by atoms with Crippen molar-refractivity contribution in [2.75, 3.05) is 0 Å². The van der Waals surface area contributed by atoms with E-state index < -0.39 is 11.5 Å². The van der Waals surface area contributed by atoms with Gasteiger partial charge in [0.25, 0.3) is 5.91 Å². The molecule has 6 heteroatoms. The van der Waals surface area contributed by atoms with Crippen LogP contribution < -0.4 is 5.73 Å². The Balaban J connectivity index is 2.21. The summed E-state index contributed by atoms with van der Waals surface area (Å²) in [5.74, 6) is -1.38. The number of guanidine groups is 1. The van der Waals surface area contributed by atoms with E-state index in [1.165, 1.54) is 11.8 Å². The van der Waals surface area contributed by atoms with Gasteiger partial charge in [0.1, 0.15) is 0 Å². The van der Waals surface area contributed by atoms with Gasteiger partial charge in [-0.3, -0.25) is 14.5 Å². The van der Waals surface area contributed by atoms with E-state index in [4.69, 9.17) is 10.8 Å². The summed E-state index contributed by atoms with van der Waals surface area (Å²) in [6.45, 7) is 3.75. The second-order valence-electron chi connectivity index (χ2n) is 5.19. The molecule has 0 fully saturated rings. The molecule has 106 valence electrons. The second-order valence-corrected chi connectivity index (χ2v) is 5.19. The number of carboxylic acids is 1. The maximum Gasteiger partial charge on any atom is 0.306 e. The molecule has 1 amide bonds. The maximum atomic E-state index is 12.3. The van der Waals surface area contributed by atoms with Gasteiger partial charge in [0.15, 0.2) is 11.5 Å². The second kappa shape index (κ2) is 4.96. The summed E-state index contributed by atoms with van der Waals surface area (Å²) in [5, 5.41) is 8.87. The summed E-state index contributed by atoms with van der Waals surface area (Å²) in [7, 11) is 0. The Labute approximate surface area is 116 Å². The van der Waals surface area contributed by atoms with Gasteiger partial charge in [-0.1, -0.05) is 29.8 Å². The largest absolute Gasteiger partial charge is 0.481 e. The molecule has 1 heterocycles. The topological polar surface area (TPSA) is 96.0 Å². The van der Waals surface area contributed by atoms with Crippen molar-refractivity contribution < 1.29 is 14.7 Å². The Kier molecular flexibility index (Phi) is 3.48. The van der Waals surface area contributed by atoms with Crippen molar-refractivity contribution in [3.05, 3.63) is 35.4 Å². The molecule has 1 aliphatic rings. The molecular weight excluding hydrogens is 258 g/mol. The average molecular weight is 275 g/mol. The normalized spacial score (nSPS) is 22.0. The number of aliphatic imine (C=N–C) groups is 1. The third-order valence-corrected chi connectivity index (χ3v) is 3.26. The lowest BCUT2D eigenvalue weighted by molar-refractivity contribution is -0.142. The maximum absolute atomic E-state index is 12.3. The van der Waals surface area contributed by atoms with E-state index in [0.717, 1.165) is 11.1 Å². The molecule has 6 nitrogen and oxygen atoms in total. The van der Waals surface area contributed by atoms with Gasteiger partial charge in [0.2, 0.25) is 0 Å². The van der Waals surface area contributed by atoms with Crippen molar-refractivity contribution in [3.8, 4) is 0 Å². The molecule has 1 aromatic rings. The zero-order chi connectivity index (χ0) is 14.9. The Morgan fingerprint density at radius 2 is 2.20 bits per heavy atom. The zero-order valence-electron chi connectivity index (χ0n) is 11.5. The molecule has 0 saturated heterocycles. The predicted octanol–water partition coefficient (Wildman–Crippen LogP) is 0.885. The van der Waals surface area contributed by atoms with E-state index in [1.54, 1.807) is 0 Å². The van der Waals surface area contributed by atoms with Crippen LogP contribution in [-0.2, 0) is 16.1 Å². The van der Waals surface area contributed by atoms with Crippen LogP contribution in [-0.4, -0.2) is 33.4 Å². The van der Waals surface area contributed by atoms with Crippen molar-refractivity contribution in [1.29, 1.82) is 0 Å². The van der Waals surface area contributed by atoms with Crippen molar-refractivity contribution in [3.63, 3.8) is 0 Å². The van der Waals surface area contributed by atoms with Crippen LogP contribution in [0.1, 0.15) is 24.5 Å². The molecule has 0 bridgehead atoms. The Morgan fingerprint density at radius 3 is 2.80 bits per heavy atom. The fourth-order valence-electron chi connectivity index (χ4n) is 2.31. The number of aliphatic carboxylic acids is 1. The first-order chi connectivity index (χ1) is 9.32. The van der Waals surface area contributed by atoms with Gasteiger partial charge in [0, 0.05) is 0 Å². The van der Waals surface area contributed by atoms with Gasteiger partial charge in [-0.25, -0.2) is 4.99 Å². The van der Waals surface area contributed by atoms with Crippen LogP contribution in [0.15, 0.2) is 29.3 Å². The summed E-state index contributed by atoms with van der Waals surface area (Å²) in [5.41, 5.74) is 6.47. The first kappa shape index (κ1) is 14.0. The number of amides is 1. The SMILES string of the molecule is Cc1cccc(CN2C(=O)C(C)(CC(=O)O)N=C2N)c1. The van der Waals surface area contributed by atoms with E-state index in [9.17, 15) is 9.59 Å². The number of rotatable bonds is 4. The molecule has 1 aromatic carbocycles. The third kappa shape index (κ3) is 2.64. The number of carboxylic acid groups (broad SMARTS) is 1. The Bertz CT molecular complexity index is 597. The highest BCUT2D eigenvalue weighted by molar-refractivity contribution is 6.07. The van der Waals surface area contributed by atoms with E-state index in [0.29, 0.717) is 6.54 Å². The van der Waals surface area contributed by atoms with Crippen molar-refractivity contribution >= 4 is 17.8 Å². The van der Waals surface area contributed by atoms with Crippen LogP contribution in [0.5, 0.6) is 0 Å². The number of nitrogens with two attached hydrogens (primary N) is 1. The van der Waals surface area contributed by atoms with E-state index in [1.807, 2.05) is 31.2 Å². The summed E-state index contributed by atoms with van der Waals surface area (Å²) in [4.78, 5) is 28.5. The number of carbonyl (C=O) groups is 2. The summed E-state index contributed by atoms with van der Waals surface area (Å²) in [6, 6.07) is 7.70. The number of nitrogens with zero attached hydrogens (tertiary/aromatic N) is 2. The molecule has 20 heavy (non-hydrogen) atoms. The molecule has 0 aliphatic carbocycles. The van der Waals surface area contributed by atoms with Gasteiger partial charge in [-0.2, -0.15) is 0 Å². The van der Waals surface area contributed by atoms with Gasteiger partial charge in [0.05, 0.1) is 13.0 Å². The molecule has 1 unspecified atom stereocenters. The average Bonchev–Trinajstić information content (AvgIpc) is 2.52. The standard InChI is InChI=1S/C14H17N3O3/c1-9-4-3-5-10(6-9)8-17-12(20)14(2,7-11(18)19)16-13(17)15/h3-6H,7-8H2,1-2H3,(H2,15,16)(H,18,19). The van der Waals surface area contributed by atoms with Crippen LogP contribution in [0, 0.1) is 6.92 Å². The van der Waals surface area contributed by atoms with Gasteiger partial charge in [-0.05, 0) is 19.4 Å². The number of aryl methyl sites for hydroxylation is 1. The molecule has 3 N–H and O–H groups in total. The van der Waals surface area contributed by atoms with Crippen LogP contribution in [0.3, 0.4) is 0 Å². The Morgan fingerprint density at radius 1 is 1.50 bits per heavy atom. The zero-order valence-corrected chi connectivity index (χ0v) is 11.5. The lowest BCUT2D eigenvalue weighted by Gasteiger charge is -2.21. The quantitative estimate of drug-likeness (QED) is 0.852. The highest BCUT2D eigenvalue weighted by atomic mass is 16.4. The molecule has 0 spiro atoms. The number of benzene rings is 1. The summed E-state index contributed by atoms with van der Waals surface area (Å²) < 4.78 is 0. The number of hydrogen-bond donors (Lipinski definition) is 2. The highest BCUT2D eigenvalue weighted by Gasteiger charge is 2.45. The van der Waals surface area contributed by atoms with Gasteiger partial charge in [-0.15, -0.1) is 0 Å². The van der Waals surface area contributed by atoms with Crippen LogP contribution >= 0.6 is 0 Å². The van der Waals surface area contributed by atoms with Crippen LogP contribution in [0.25, 0.3) is 0 Å². The predicted molar refractivity (Wildman–Crippen MR) is 74.0 cm³/mol. The first-order valence-corrected chi connectivity index (χ1v) is 6.26. The molecule has 0 radical (unpaired) electrons. The lowest BCUT2D eigenvalue weighted by atomic mass is 9.98. The van der Waals surface area contributed by atoms with Crippen LogP contribution in [0.2, 0.25) is 0 Å². The first-order valence-electron chi connectivity index (χ1n) is 6.26. The summed E-state index contributed by atoms with van der Waals surface area (Å²) in [6.07, 6.45) is -0.364. The summed E-state index contributed by atoms with van der Waals surface area (Å²) >= 11 is 0. The van der Waals surface area contributed by atoms with Crippen LogP contribution in [0.4, 0.5) is 0 Å². The van der Waals surface area contributed by atoms with Crippen molar-refractivity contribution in [2.45, 2.75) is 32.4 Å². The minimum atomic E-state index is -1.31. The minimum absolute atomic E-state index is 0.0697. The lowest BCUT2D eigenvalue weighted by Crippen LogP contribution is -2.43. The smallest absolute Gasteiger partial charge is 0.306 e.